The van der Waals surface area contributed by atoms with Crippen molar-refractivity contribution in [3.05, 3.63) is 0 Å². The number of nitrogens with zero attached hydrogens (tertiary/aromatic N) is 1. The number of aliphatic imine (C=N–C) groups is 1. The van der Waals surface area contributed by atoms with E-state index in [1.807, 2.05) is 6.92 Å². The van der Waals surface area contributed by atoms with Crippen LogP contribution in [0.5, 0.6) is 0 Å². The summed E-state index contributed by atoms with van der Waals surface area (Å²) in [5, 5.41) is 0. The molecule has 1 fully saturated rings. The summed E-state index contributed by atoms with van der Waals surface area (Å²) in [6, 6.07) is 0. The molecule has 0 aliphatic heterocycles. The minimum absolute atomic E-state index is 0.557. The summed E-state index contributed by atoms with van der Waals surface area (Å²) in [6.07, 6.45) is 5.08. The first-order valence-corrected chi connectivity index (χ1v) is 5.22. The van der Waals surface area contributed by atoms with Gasteiger partial charge in [-0.15, -0.1) is 0 Å². The molecule has 0 aromatic heterocycles. The summed E-state index contributed by atoms with van der Waals surface area (Å²) < 4.78 is 5.18. The van der Waals surface area contributed by atoms with Crippen molar-refractivity contribution in [3.63, 3.8) is 0 Å². The Morgan fingerprint density at radius 3 is 2.77 bits per heavy atom. The maximum Gasteiger partial charge on any atom is 0.0969 e. The number of hydrogen-bond donors (Lipinski definition) is 1. The highest BCUT2D eigenvalue weighted by Crippen LogP contribution is 2.24. The number of nitrogens with two attached hydrogens (primary N) is 1. The lowest BCUT2D eigenvalue weighted by atomic mass is 10.1. The van der Waals surface area contributed by atoms with E-state index in [9.17, 15) is 0 Å². The Morgan fingerprint density at radius 1 is 1.46 bits per heavy atom. The van der Waals surface area contributed by atoms with E-state index in [-0.39, 0.29) is 0 Å². The van der Waals surface area contributed by atoms with E-state index in [4.69, 9.17) is 10.5 Å². The van der Waals surface area contributed by atoms with Gasteiger partial charge in [-0.2, -0.15) is 0 Å². The van der Waals surface area contributed by atoms with Gasteiger partial charge < -0.3 is 10.5 Å². The number of ether oxygens (including phenoxy) is 1. The van der Waals surface area contributed by atoms with Crippen molar-refractivity contribution >= 4 is 5.84 Å². The van der Waals surface area contributed by atoms with Crippen molar-refractivity contribution in [2.45, 2.75) is 32.6 Å². The molecule has 0 saturated heterocycles. The van der Waals surface area contributed by atoms with Gasteiger partial charge in [-0.1, -0.05) is 12.8 Å². The van der Waals surface area contributed by atoms with E-state index >= 15 is 0 Å². The van der Waals surface area contributed by atoms with Crippen molar-refractivity contribution in [1.29, 1.82) is 0 Å². The number of amidine groups is 1. The maximum atomic E-state index is 5.86. The Labute approximate surface area is 80.4 Å². The second kappa shape index (κ2) is 5.97. The van der Waals surface area contributed by atoms with Crippen LogP contribution in [0.25, 0.3) is 0 Å². The molecule has 76 valence electrons. The first kappa shape index (κ1) is 10.5. The van der Waals surface area contributed by atoms with Crippen LogP contribution in [0.2, 0.25) is 0 Å². The standard InChI is InChI=1S/C10H20N2O/c1-2-13-8-7-12-10(11)9-5-3-4-6-9/h9H,2-8H2,1H3,(H2,11,12). The van der Waals surface area contributed by atoms with Crippen LogP contribution in [0, 0.1) is 5.92 Å². The first-order valence-electron chi connectivity index (χ1n) is 5.22. The number of hydrogen-bond acceptors (Lipinski definition) is 2. The molecule has 1 aliphatic rings. The predicted octanol–water partition coefficient (Wildman–Crippen LogP) is 1.57. The minimum Gasteiger partial charge on any atom is -0.387 e. The molecule has 1 rings (SSSR count). The molecule has 0 radical (unpaired) electrons. The summed E-state index contributed by atoms with van der Waals surface area (Å²) in [5.41, 5.74) is 5.86. The Morgan fingerprint density at radius 2 is 2.15 bits per heavy atom. The quantitative estimate of drug-likeness (QED) is 0.400. The highest BCUT2D eigenvalue weighted by Gasteiger charge is 2.17. The van der Waals surface area contributed by atoms with Gasteiger partial charge in [0.1, 0.15) is 0 Å². The predicted molar refractivity (Wildman–Crippen MR) is 54.9 cm³/mol. The van der Waals surface area contributed by atoms with Crippen molar-refractivity contribution in [1.82, 2.24) is 0 Å². The maximum absolute atomic E-state index is 5.86. The largest absolute Gasteiger partial charge is 0.387 e. The summed E-state index contributed by atoms with van der Waals surface area (Å²) >= 11 is 0. The van der Waals surface area contributed by atoms with Crippen LogP contribution in [0.15, 0.2) is 4.99 Å². The Balaban J connectivity index is 2.16. The van der Waals surface area contributed by atoms with Crippen LogP contribution in [0.1, 0.15) is 32.6 Å². The average molecular weight is 184 g/mol. The molecule has 0 amide bonds. The second-order valence-electron chi connectivity index (χ2n) is 3.48. The fourth-order valence-electron chi connectivity index (χ4n) is 1.73. The highest BCUT2D eigenvalue weighted by atomic mass is 16.5. The van der Waals surface area contributed by atoms with Gasteiger partial charge in [0.25, 0.3) is 0 Å². The molecular formula is C10H20N2O. The van der Waals surface area contributed by atoms with E-state index in [0.717, 1.165) is 19.0 Å². The molecule has 0 spiro atoms. The zero-order valence-corrected chi connectivity index (χ0v) is 8.46. The summed E-state index contributed by atoms with van der Waals surface area (Å²) in [6.45, 7) is 4.17. The number of rotatable bonds is 5. The van der Waals surface area contributed by atoms with Gasteiger partial charge in [0.2, 0.25) is 0 Å². The molecule has 13 heavy (non-hydrogen) atoms. The van der Waals surface area contributed by atoms with Gasteiger partial charge in [0, 0.05) is 12.5 Å². The van der Waals surface area contributed by atoms with Crippen LogP contribution < -0.4 is 5.73 Å². The smallest absolute Gasteiger partial charge is 0.0969 e. The third kappa shape index (κ3) is 3.77. The summed E-state index contributed by atoms with van der Waals surface area (Å²) in [4.78, 5) is 4.31. The fraction of sp³-hybridized carbons (Fsp3) is 0.900. The lowest BCUT2D eigenvalue weighted by molar-refractivity contribution is 0.155. The first-order chi connectivity index (χ1) is 6.34. The molecule has 0 aromatic carbocycles. The molecular weight excluding hydrogens is 164 g/mol. The molecule has 1 aliphatic carbocycles. The van der Waals surface area contributed by atoms with E-state index < -0.39 is 0 Å². The SMILES string of the molecule is CCOCCN=C(N)C1CCCC1. The van der Waals surface area contributed by atoms with E-state index in [2.05, 4.69) is 4.99 Å². The molecule has 0 atom stereocenters. The van der Waals surface area contributed by atoms with Gasteiger partial charge in [0.15, 0.2) is 0 Å². The molecule has 2 N–H and O–H groups in total. The topological polar surface area (TPSA) is 47.6 Å². The zero-order valence-electron chi connectivity index (χ0n) is 8.46. The van der Waals surface area contributed by atoms with Crippen molar-refractivity contribution in [3.8, 4) is 0 Å². The van der Waals surface area contributed by atoms with Gasteiger partial charge in [-0.25, -0.2) is 0 Å². The lowest BCUT2D eigenvalue weighted by Gasteiger charge is -2.07. The molecule has 0 aromatic rings. The highest BCUT2D eigenvalue weighted by molar-refractivity contribution is 5.83. The Hall–Kier alpha value is -0.570. The fourth-order valence-corrected chi connectivity index (χ4v) is 1.73. The van der Waals surface area contributed by atoms with Crippen LogP contribution >= 0.6 is 0 Å². The van der Waals surface area contributed by atoms with Crippen molar-refractivity contribution in [2.75, 3.05) is 19.8 Å². The zero-order chi connectivity index (χ0) is 9.52. The molecule has 3 nitrogen and oxygen atoms in total. The summed E-state index contributed by atoms with van der Waals surface area (Å²) in [5.74, 6) is 1.40. The molecule has 0 unspecified atom stereocenters. The lowest BCUT2D eigenvalue weighted by Crippen LogP contribution is -2.22. The molecule has 3 heteroatoms. The normalized spacial score (nSPS) is 19.6. The average Bonchev–Trinajstić information content (AvgIpc) is 2.65. The van der Waals surface area contributed by atoms with E-state index in [1.165, 1.54) is 25.7 Å². The Bertz CT molecular complexity index is 162. The van der Waals surface area contributed by atoms with Gasteiger partial charge >= 0.3 is 0 Å². The molecule has 0 bridgehead atoms. The van der Waals surface area contributed by atoms with Crippen LogP contribution in [-0.2, 0) is 4.74 Å². The van der Waals surface area contributed by atoms with Gasteiger partial charge in [-0.05, 0) is 19.8 Å². The van der Waals surface area contributed by atoms with Crippen LogP contribution in [0.4, 0.5) is 0 Å². The van der Waals surface area contributed by atoms with Gasteiger partial charge in [0.05, 0.1) is 19.0 Å². The third-order valence-corrected chi connectivity index (χ3v) is 2.51. The molecule has 1 saturated carbocycles. The second-order valence-corrected chi connectivity index (χ2v) is 3.48. The van der Waals surface area contributed by atoms with Gasteiger partial charge in [-0.3, -0.25) is 4.99 Å². The van der Waals surface area contributed by atoms with E-state index in [1.54, 1.807) is 0 Å². The van der Waals surface area contributed by atoms with E-state index in [0.29, 0.717) is 12.5 Å². The monoisotopic (exact) mass is 184 g/mol. The summed E-state index contributed by atoms with van der Waals surface area (Å²) in [7, 11) is 0. The van der Waals surface area contributed by atoms with Crippen molar-refractivity contribution < 1.29 is 4.74 Å². The minimum atomic E-state index is 0.557. The van der Waals surface area contributed by atoms with Crippen molar-refractivity contribution in [2.24, 2.45) is 16.6 Å². The molecule has 0 heterocycles. The van der Waals surface area contributed by atoms with Crippen LogP contribution in [0.3, 0.4) is 0 Å². The van der Waals surface area contributed by atoms with Crippen LogP contribution in [-0.4, -0.2) is 25.6 Å². The third-order valence-electron chi connectivity index (χ3n) is 2.51. The Kier molecular flexibility index (Phi) is 4.83.